The fraction of sp³-hybridized carbons (Fsp3) is 0.462. The minimum atomic E-state index is -3.22. The summed E-state index contributed by atoms with van der Waals surface area (Å²) >= 11 is 5.79. The molecule has 0 amide bonds. The number of carbonyl (C=O) groups is 1. The molecular weight excluding hydrogens is 286 g/mol. The van der Waals surface area contributed by atoms with E-state index in [9.17, 15) is 13.2 Å². The highest BCUT2D eigenvalue weighted by molar-refractivity contribution is 7.88. The van der Waals surface area contributed by atoms with Crippen LogP contribution in [0.1, 0.15) is 23.2 Å². The second-order valence-electron chi connectivity index (χ2n) is 4.83. The van der Waals surface area contributed by atoms with Gasteiger partial charge in [-0.15, -0.1) is 0 Å². The van der Waals surface area contributed by atoms with E-state index in [0.717, 1.165) is 12.8 Å². The Morgan fingerprint density at radius 3 is 2.53 bits per heavy atom. The van der Waals surface area contributed by atoms with Crippen molar-refractivity contribution < 1.29 is 13.2 Å². The van der Waals surface area contributed by atoms with Crippen LogP contribution in [0.25, 0.3) is 0 Å². The summed E-state index contributed by atoms with van der Waals surface area (Å²) in [6, 6.07) is 6.71. The highest BCUT2D eigenvalue weighted by atomic mass is 35.5. The molecule has 19 heavy (non-hydrogen) atoms. The van der Waals surface area contributed by atoms with E-state index in [1.165, 1.54) is 10.6 Å². The number of piperidine rings is 1. The zero-order valence-corrected chi connectivity index (χ0v) is 12.2. The summed E-state index contributed by atoms with van der Waals surface area (Å²) in [7, 11) is -3.22. The van der Waals surface area contributed by atoms with Crippen LogP contribution in [0.15, 0.2) is 24.3 Å². The van der Waals surface area contributed by atoms with Gasteiger partial charge in [-0.25, -0.2) is 12.7 Å². The molecule has 1 aromatic rings. The minimum absolute atomic E-state index is 0.00924. The van der Waals surface area contributed by atoms with Crippen LogP contribution in [0.3, 0.4) is 0 Å². The van der Waals surface area contributed by atoms with Gasteiger partial charge in [0.05, 0.1) is 6.26 Å². The van der Waals surface area contributed by atoms with Crippen molar-refractivity contribution in [3.63, 3.8) is 0 Å². The first-order chi connectivity index (χ1) is 8.88. The molecule has 6 heteroatoms. The SMILES string of the molecule is CS(=O)(=O)N1CCCC(C(=O)c2ccc(Cl)cc2)C1. The van der Waals surface area contributed by atoms with E-state index >= 15 is 0 Å². The molecule has 104 valence electrons. The summed E-state index contributed by atoms with van der Waals surface area (Å²) in [6.45, 7) is 0.781. The Labute approximate surface area is 118 Å². The van der Waals surface area contributed by atoms with Gasteiger partial charge in [-0.2, -0.15) is 0 Å². The number of nitrogens with zero attached hydrogens (tertiary/aromatic N) is 1. The van der Waals surface area contributed by atoms with E-state index in [4.69, 9.17) is 11.6 Å². The number of halogens is 1. The number of carbonyl (C=O) groups excluding carboxylic acids is 1. The van der Waals surface area contributed by atoms with Gasteiger partial charge in [-0.05, 0) is 37.1 Å². The predicted molar refractivity (Wildman–Crippen MR) is 74.9 cm³/mol. The van der Waals surface area contributed by atoms with Crippen LogP contribution < -0.4 is 0 Å². The smallest absolute Gasteiger partial charge is 0.211 e. The van der Waals surface area contributed by atoms with Crippen LogP contribution in [0.4, 0.5) is 0 Å². The molecule has 1 atom stereocenters. The highest BCUT2D eigenvalue weighted by Crippen LogP contribution is 2.23. The molecule has 0 bridgehead atoms. The van der Waals surface area contributed by atoms with Crippen molar-refractivity contribution in [2.75, 3.05) is 19.3 Å². The maximum Gasteiger partial charge on any atom is 0.211 e. The van der Waals surface area contributed by atoms with E-state index in [2.05, 4.69) is 0 Å². The first-order valence-electron chi connectivity index (χ1n) is 6.13. The molecule has 1 unspecified atom stereocenters. The lowest BCUT2D eigenvalue weighted by atomic mass is 9.91. The zero-order chi connectivity index (χ0) is 14.0. The van der Waals surface area contributed by atoms with Gasteiger partial charge in [0.25, 0.3) is 0 Å². The van der Waals surface area contributed by atoms with Gasteiger partial charge in [0.1, 0.15) is 0 Å². The van der Waals surface area contributed by atoms with E-state index in [1.807, 2.05) is 0 Å². The molecule has 0 aromatic heterocycles. The largest absolute Gasteiger partial charge is 0.294 e. The van der Waals surface area contributed by atoms with Crippen molar-refractivity contribution in [2.45, 2.75) is 12.8 Å². The van der Waals surface area contributed by atoms with Crippen LogP contribution in [0.5, 0.6) is 0 Å². The topological polar surface area (TPSA) is 54.5 Å². The molecule has 1 aliphatic rings. The van der Waals surface area contributed by atoms with E-state index in [0.29, 0.717) is 17.1 Å². The molecule has 1 aromatic carbocycles. The Morgan fingerprint density at radius 2 is 1.95 bits per heavy atom. The Bertz CT molecular complexity index is 568. The van der Waals surface area contributed by atoms with Gasteiger partial charge < -0.3 is 0 Å². The fourth-order valence-corrected chi connectivity index (χ4v) is 3.34. The average Bonchev–Trinajstić information content (AvgIpc) is 2.38. The van der Waals surface area contributed by atoms with Crippen molar-refractivity contribution in [3.8, 4) is 0 Å². The maximum absolute atomic E-state index is 12.3. The van der Waals surface area contributed by atoms with Crippen LogP contribution in [-0.4, -0.2) is 37.9 Å². The predicted octanol–water partition coefficient (Wildman–Crippen LogP) is 2.19. The number of hydrogen-bond acceptors (Lipinski definition) is 3. The molecular formula is C13H16ClNO3S. The molecule has 0 spiro atoms. The third-order valence-corrected chi connectivity index (χ3v) is 4.87. The van der Waals surface area contributed by atoms with E-state index in [-0.39, 0.29) is 18.2 Å². The van der Waals surface area contributed by atoms with Crippen molar-refractivity contribution >= 4 is 27.4 Å². The van der Waals surface area contributed by atoms with Gasteiger partial charge >= 0.3 is 0 Å². The number of ketones is 1. The lowest BCUT2D eigenvalue weighted by molar-refractivity contribution is 0.0873. The molecule has 1 fully saturated rings. The van der Waals surface area contributed by atoms with Gasteiger partial charge in [0, 0.05) is 29.6 Å². The second-order valence-corrected chi connectivity index (χ2v) is 7.25. The highest BCUT2D eigenvalue weighted by Gasteiger charge is 2.30. The molecule has 1 saturated heterocycles. The average molecular weight is 302 g/mol. The monoisotopic (exact) mass is 301 g/mol. The number of Topliss-reactive ketones (excluding diaryl/α,β-unsaturated/α-hetero) is 1. The van der Waals surface area contributed by atoms with Gasteiger partial charge in [-0.3, -0.25) is 4.79 Å². The van der Waals surface area contributed by atoms with E-state index < -0.39 is 10.0 Å². The number of hydrogen-bond donors (Lipinski definition) is 0. The summed E-state index contributed by atoms with van der Waals surface area (Å²) in [5.41, 5.74) is 0.588. The summed E-state index contributed by atoms with van der Waals surface area (Å²) < 4.78 is 24.4. The Balaban J connectivity index is 2.13. The quantitative estimate of drug-likeness (QED) is 0.804. The third kappa shape index (κ3) is 3.55. The van der Waals surface area contributed by atoms with Crippen LogP contribution in [0, 0.1) is 5.92 Å². The second kappa shape index (κ2) is 5.61. The van der Waals surface area contributed by atoms with Crippen LogP contribution >= 0.6 is 11.6 Å². The Morgan fingerprint density at radius 1 is 1.32 bits per heavy atom. The number of sulfonamides is 1. The summed E-state index contributed by atoms with van der Waals surface area (Å²) in [5, 5.41) is 0.581. The summed E-state index contributed by atoms with van der Waals surface area (Å²) in [4.78, 5) is 12.3. The van der Waals surface area contributed by atoms with Crippen molar-refractivity contribution in [1.82, 2.24) is 4.31 Å². The number of benzene rings is 1. The van der Waals surface area contributed by atoms with Gasteiger partial charge in [0.15, 0.2) is 5.78 Å². The van der Waals surface area contributed by atoms with Gasteiger partial charge in [0.2, 0.25) is 10.0 Å². The number of rotatable bonds is 3. The lowest BCUT2D eigenvalue weighted by Gasteiger charge is -2.30. The molecule has 0 radical (unpaired) electrons. The molecule has 1 aliphatic heterocycles. The summed E-state index contributed by atoms with van der Waals surface area (Å²) in [6.07, 6.45) is 2.63. The standard InChI is InChI=1S/C13H16ClNO3S/c1-19(17,18)15-8-2-3-11(9-15)13(16)10-4-6-12(14)7-5-10/h4-7,11H,2-3,8-9H2,1H3. The maximum atomic E-state index is 12.3. The fourth-order valence-electron chi connectivity index (χ4n) is 2.31. The van der Waals surface area contributed by atoms with Crippen LogP contribution in [-0.2, 0) is 10.0 Å². The molecule has 4 nitrogen and oxygen atoms in total. The van der Waals surface area contributed by atoms with E-state index in [1.54, 1.807) is 24.3 Å². The molecule has 0 saturated carbocycles. The molecule has 0 N–H and O–H groups in total. The summed E-state index contributed by atoms with van der Waals surface area (Å²) in [5.74, 6) is -0.269. The third-order valence-electron chi connectivity index (χ3n) is 3.35. The molecule has 0 aliphatic carbocycles. The molecule has 2 rings (SSSR count). The Hall–Kier alpha value is -0.910. The first-order valence-corrected chi connectivity index (χ1v) is 8.35. The first kappa shape index (κ1) is 14.5. The Kier molecular flexibility index (Phi) is 4.28. The normalized spacial score (nSPS) is 21.3. The van der Waals surface area contributed by atoms with Gasteiger partial charge in [-0.1, -0.05) is 11.6 Å². The molecule has 1 heterocycles. The van der Waals surface area contributed by atoms with Crippen molar-refractivity contribution in [1.29, 1.82) is 0 Å². The lowest BCUT2D eigenvalue weighted by Crippen LogP contribution is -2.41. The zero-order valence-electron chi connectivity index (χ0n) is 10.7. The van der Waals surface area contributed by atoms with Crippen LogP contribution in [0.2, 0.25) is 5.02 Å². The minimum Gasteiger partial charge on any atom is -0.294 e. The van der Waals surface area contributed by atoms with Crippen molar-refractivity contribution in [3.05, 3.63) is 34.9 Å². The van der Waals surface area contributed by atoms with Crippen molar-refractivity contribution in [2.24, 2.45) is 5.92 Å².